The second-order valence-electron chi connectivity index (χ2n) is 10.3. The zero-order valence-electron chi connectivity index (χ0n) is 19.6. The number of aromatic nitrogens is 2. The summed E-state index contributed by atoms with van der Waals surface area (Å²) in [6, 6.07) is 5.88. The molecule has 5 rings (SSSR count). The Morgan fingerprint density at radius 2 is 1.71 bits per heavy atom. The summed E-state index contributed by atoms with van der Waals surface area (Å²) in [6.07, 6.45) is 3.82. The fourth-order valence-electron chi connectivity index (χ4n) is 5.95. The summed E-state index contributed by atoms with van der Waals surface area (Å²) >= 11 is 0. The van der Waals surface area contributed by atoms with E-state index < -0.39 is 11.7 Å². The molecule has 1 aromatic carbocycles. The van der Waals surface area contributed by atoms with Crippen molar-refractivity contribution in [2.24, 2.45) is 11.7 Å². The Morgan fingerprint density at radius 3 is 2.37 bits per heavy atom. The molecule has 188 valence electrons. The SMILES string of the molecule is NC(=O)CC1CCC(n2ncc(C(=O)N3CC[C@@H](c4ccccc4C(F)(F)F)C3)c2C2CC2)CC1. The third kappa shape index (κ3) is 4.95. The van der Waals surface area contributed by atoms with Crippen molar-refractivity contribution in [1.29, 1.82) is 0 Å². The normalized spacial score (nSPS) is 25.1. The molecular formula is C26H31F3N4O2. The van der Waals surface area contributed by atoms with E-state index in [1.165, 1.54) is 12.1 Å². The van der Waals surface area contributed by atoms with Crippen LogP contribution in [0.1, 0.15) is 96.4 Å². The van der Waals surface area contributed by atoms with Crippen LogP contribution in [0.15, 0.2) is 30.5 Å². The van der Waals surface area contributed by atoms with Crippen LogP contribution in [-0.2, 0) is 11.0 Å². The molecule has 3 fully saturated rings. The minimum Gasteiger partial charge on any atom is -0.370 e. The topological polar surface area (TPSA) is 81.2 Å². The molecule has 2 amide bonds. The minimum atomic E-state index is -4.41. The van der Waals surface area contributed by atoms with Gasteiger partial charge in [-0.2, -0.15) is 18.3 Å². The van der Waals surface area contributed by atoms with Gasteiger partial charge in [-0.15, -0.1) is 0 Å². The smallest absolute Gasteiger partial charge is 0.370 e. The second kappa shape index (κ2) is 9.32. The number of hydrogen-bond donors (Lipinski definition) is 1. The van der Waals surface area contributed by atoms with Gasteiger partial charge in [-0.3, -0.25) is 14.3 Å². The van der Waals surface area contributed by atoms with Crippen LogP contribution < -0.4 is 5.73 Å². The van der Waals surface area contributed by atoms with E-state index in [4.69, 9.17) is 5.73 Å². The molecule has 0 radical (unpaired) electrons. The predicted octanol–water partition coefficient (Wildman–Crippen LogP) is 5.02. The fourth-order valence-corrected chi connectivity index (χ4v) is 5.95. The van der Waals surface area contributed by atoms with E-state index in [0.717, 1.165) is 50.3 Å². The van der Waals surface area contributed by atoms with Crippen molar-refractivity contribution >= 4 is 11.8 Å². The van der Waals surface area contributed by atoms with E-state index in [-0.39, 0.29) is 35.9 Å². The van der Waals surface area contributed by atoms with Crippen molar-refractivity contribution in [2.45, 2.75) is 75.4 Å². The van der Waals surface area contributed by atoms with E-state index in [2.05, 4.69) is 5.10 Å². The number of nitrogens with two attached hydrogens (primary N) is 1. The van der Waals surface area contributed by atoms with Crippen LogP contribution in [0.4, 0.5) is 13.2 Å². The van der Waals surface area contributed by atoms with Crippen LogP contribution in [0.5, 0.6) is 0 Å². The summed E-state index contributed by atoms with van der Waals surface area (Å²) in [4.78, 5) is 26.5. The van der Waals surface area contributed by atoms with E-state index in [9.17, 15) is 22.8 Å². The molecule has 6 nitrogen and oxygen atoms in total. The largest absolute Gasteiger partial charge is 0.416 e. The van der Waals surface area contributed by atoms with Crippen LogP contribution >= 0.6 is 0 Å². The molecule has 9 heteroatoms. The maximum atomic E-state index is 13.5. The van der Waals surface area contributed by atoms with E-state index in [0.29, 0.717) is 36.8 Å². The summed E-state index contributed by atoms with van der Waals surface area (Å²) in [5, 5.41) is 4.63. The van der Waals surface area contributed by atoms with E-state index in [1.807, 2.05) is 4.68 Å². The van der Waals surface area contributed by atoms with Gasteiger partial charge in [0.2, 0.25) is 5.91 Å². The summed E-state index contributed by atoms with van der Waals surface area (Å²) in [5.41, 5.74) is 6.58. The Hall–Kier alpha value is -2.84. The maximum absolute atomic E-state index is 13.5. The molecule has 1 aromatic heterocycles. The van der Waals surface area contributed by atoms with Crippen LogP contribution in [0.25, 0.3) is 0 Å². The fraction of sp³-hybridized carbons (Fsp3) is 0.577. The molecule has 3 aliphatic rings. The van der Waals surface area contributed by atoms with Crippen molar-refractivity contribution in [2.75, 3.05) is 13.1 Å². The molecule has 2 saturated carbocycles. The monoisotopic (exact) mass is 488 g/mol. The first-order valence-electron chi connectivity index (χ1n) is 12.5. The number of halogens is 3. The van der Waals surface area contributed by atoms with Crippen molar-refractivity contribution in [3.8, 4) is 0 Å². The van der Waals surface area contributed by atoms with Gasteiger partial charge in [-0.25, -0.2) is 0 Å². The molecule has 1 atom stereocenters. The van der Waals surface area contributed by atoms with Crippen LogP contribution in [0.3, 0.4) is 0 Å². The van der Waals surface area contributed by atoms with Crippen LogP contribution in [-0.4, -0.2) is 39.6 Å². The van der Waals surface area contributed by atoms with Gasteiger partial charge in [0.15, 0.2) is 0 Å². The Labute approximate surface area is 202 Å². The van der Waals surface area contributed by atoms with E-state index in [1.54, 1.807) is 17.2 Å². The molecule has 1 saturated heterocycles. The minimum absolute atomic E-state index is 0.132. The lowest BCUT2D eigenvalue weighted by atomic mass is 9.84. The number of likely N-dealkylation sites (tertiary alicyclic amines) is 1. The first-order valence-corrected chi connectivity index (χ1v) is 12.5. The molecule has 35 heavy (non-hydrogen) atoms. The molecule has 0 bridgehead atoms. The quantitative estimate of drug-likeness (QED) is 0.620. The highest BCUT2D eigenvalue weighted by Gasteiger charge is 2.40. The van der Waals surface area contributed by atoms with Gasteiger partial charge in [-0.1, -0.05) is 18.2 Å². The zero-order valence-corrected chi connectivity index (χ0v) is 19.6. The third-order valence-electron chi connectivity index (χ3n) is 7.86. The Balaban J connectivity index is 1.32. The molecule has 2 N–H and O–H groups in total. The van der Waals surface area contributed by atoms with Crippen LogP contribution in [0, 0.1) is 5.92 Å². The summed E-state index contributed by atoms with van der Waals surface area (Å²) in [7, 11) is 0. The van der Waals surface area contributed by atoms with Gasteiger partial charge in [0.05, 0.1) is 29.1 Å². The lowest BCUT2D eigenvalue weighted by Gasteiger charge is -2.29. The molecule has 1 aliphatic heterocycles. The van der Waals surface area contributed by atoms with Gasteiger partial charge in [0.1, 0.15) is 0 Å². The number of primary amides is 1. The van der Waals surface area contributed by atoms with Gasteiger partial charge in [0, 0.05) is 31.3 Å². The zero-order chi connectivity index (χ0) is 24.7. The maximum Gasteiger partial charge on any atom is 0.416 e. The number of amides is 2. The number of nitrogens with zero attached hydrogens (tertiary/aromatic N) is 3. The van der Waals surface area contributed by atoms with Crippen molar-refractivity contribution in [1.82, 2.24) is 14.7 Å². The van der Waals surface area contributed by atoms with Gasteiger partial charge in [-0.05, 0) is 62.5 Å². The number of carbonyl (C=O) groups excluding carboxylic acids is 2. The number of rotatable bonds is 6. The molecular weight excluding hydrogens is 457 g/mol. The highest BCUT2D eigenvalue weighted by atomic mass is 19.4. The molecule has 2 aromatic rings. The van der Waals surface area contributed by atoms with Crippen LogP contribution in [0.2, 0.25) is 0 Å². The van der Waals surface area contributed by atoms with E-state index >= 15 is 0 Å². The Morgan fingerprint density at radius 1 is 1.00 bits per heavy atom. The first kappa shape index (κ1) is 23.9. The van der Waals surface area contributed by atoms with Gasteiger partial charge >= 0.3 is 6.18 Å². The summed E-state index contributed by atoms with van der Waals surface area (Å²) in [5.74, 6) is -0.111. The number of benzene rings is 1. The summed E-state index contributed by atoms with van der Waals surface area (Å²) < 4.78 is 42.6. The lowest BCUT2D eigenvalue weighted by molar-refractivity contribution is -0.138. The van der Waals surface area contributed by atoms with Crippen molar-refractivity contribution in [3.05, 3.63) is 52.8 Å². The second-order valence-corrected chi connectivity index (χ2v) is 10.3. The van der Waals surface area contributed by atoms with Crippen molar-refractivity contribution < 1.29 is 22.8 Å². The molecule has 2 aliphatic carbocycles. The number of carbonyl (C=O) groups is 2. The first-order chi connectivity index (χ1) is 16.7. The Kier molecular flexibility index (Phi) is 6.36. The lowest BCUT2D eigenvalue weighted by Crippen LogP contribution is -2.30. The highest BCUT2D eigenvalue weighted by molar-refractivity contribution is 5.95. The molecule has 0 spiro atoms. The molecule has 2 heterocycles. The average molecular weight is 489 g/mol. The number of alkyl halides is 3. The van der Waals surface area contributed by atoms with Gasteiger partial charge in [0.25, 0.3) is 5.91 Å². The average Bonchev–Trinajstić information content (AvgIpc) is 3.37. The standard InChI is InChI=1S/C26H31F3N4O2/c27-26(28,29)22-4-2-1-3-20(22)18-11-12-32(15-18)25(35)21-14-31-33(24(21)17-7-8-17)19-9-5-16(6-10-19)13-23(30)34/h1-4,14,16-19H,5-13,15H2,(H2,30,34)/t16?,18-,19?/m1/s1. The predicted molar refractivity (Wildman–Crippen MR) is 124 cm³/mol. The highest BCUT2D eigenvalue weighted by Crippen LogP contribution is 2.45. The number of hydrogen-bond acceptors (Lipinski definition) is 3. The third-order valence-corrected chi connectivity index (χ3v) is 7.86. The summed E-state index contributed by atoms with van der Waals surface area (Å²) in [6.45, 7) is 0.711. The Bertz CT molecular complexity index is 1100. The molecule has 0 unspecified atom stereocenters. The van der Waals surface area contributed by atoms with Gasteiger partial charge < -0.3 is 10.6 Å². The van der Waals surface area contributed by atoms with Crippen molar-refractivity contribution in [3.63, 3.8) is 0 Å².